The lowest BCUT2D eigenvalue weighted by atomic mass is 10.2. The lowest BCUT2D eigenvalue weighted by Gasteiger charge is -2.06. The van der Waals surface area contributed by atoms with Gasteiger partial charge in [-0.05, 0) is 37.1 Å². The molecule has 0 bridgehead atoms. The van der Waals surface area contributed by atoms with Gasteiger partial charge in [0.2, 0.25) is 10.0 Å². The summed E-state index contributed by atoms with van der Waals surface area (Å²) in [6.45, 7) is 4.26. The van der Waals surface area contributed by atoms with Crippen molar-refractivity contribution in [2.45, 2.75) is 25.2 Å². The number of hydrogen-bond acceptors (Lipinski definition) is 2. The number of hydrogen-bond donors (Lipinski definition) is 1. The maximum absolute atomic E-state index is 11.8. The molecule has 0 atom stereocenters. The van der Waals surface area contributed by atoms with Crippen LogP contribution in [0.15, 0.2) is 27.6 Å². The van der Waals surface area contributed by atoms with Crippen LogP contribution in [-0.4, -0.2) is 15.0 Å². The van der Waals surface area contributed by atoms with Crippen LogP contribution in [-0.2, 0) is 10.0 Å². The van der Waals surface area contributed by atoms with Crippen molar-refractivity contribution < 1.29 is 8.42 Å². The van der Waals surface area contributed by atoms with Crippen LogP contribution in [0, 0.1) is 6.92 Å². The van der Waals surface area contributed by atoms with Gasteiger partial charge in [0.1, 0.15) is 0 Å². The summed E-state index contributed by atoms with van der Waals surface area (Å²) < 4.78 is 26.8. The summed E-state index contributed by atoms with van der Waals surface area (Å²) >= 11 is 3.28. The third kappa shape index (κ3) is 3.59. The van der Waals surface area contributed by atoms with E-state index in [0.717, 1.165) is 16.5 Å². The van der Waals surface area contributed by atoms with Crippen LogP contribution in [0.25, 0.3) is 0 Å². The molecule has 84 valence electrons. The Balaban J connectivity index is 3.04. The molecule has 1 rings (SSSR count). The van der Waals surface area contributed by atoms with Gasteiger partial charge >= 0.3 is 0 Å². The number of halogens is 1. The quantitative estimate of drug-likeness (QED) is 0.926. The molecule has 0 fully saturated rings. The predicted octanol–water partition coefficient (Wildman–Crippen LogP) is 2.45. The Bertz CT molecular complexity index is 422. The zero-order chi connectivity index (χ0) is 11.5. The van der Waals surface area contributed by atoms with Crippen molar-refractivity contribution in [1.82, 2.24) is 4.72 Å². The van der Waals surface area contributed by atoms with Crippen molar-refractivity contribution in [3.63, 3.8) is 0 Å². The number of nitrogens with one attached hydrogen (secondary N) is 1. The lowest BCUT2D eigenvalue weighted by molar-refractivity contribution is 0.580. The number of rotatable bonds is 4. The maximum atomic E-state index is 11.8. The smallest absolute Gasteiger partial charge is 0.211 e. The zero-order valence-corrected chi connectivity index (χ0v) is 11.2. The standard InChI is InChI=1S/C10H14BrNO2S/c1-3-4-12-15(13,14)10-6-8(2)5-9(11)7-10/h5-7,12H,3-4H2,1-2H3. The van der Waals surface area contributed by atoms with Crippen LogP contribution in [0.5, 0.6) is 0 Å². The van der Waals surface area contributed by atoms with E-state index in [2.05, 4.69) is 20.7 Å². The van der Waals surface area contributed by atoms with Gasteiger partial charge in [-0.3, -0.25) is 0 Å². The van der Waals surface area contributed by atoms with E-state index in [1.165, 1.54) is 0 Å². The predicted molar refractivity (Wildman–Crippen MR) is 64.4 cm³/mol. The highest BCUT2D eigenvalue weighted by Crippen LogP contribution is 2.18. The van der Waals surface area contributed by atoms with Gasteiger partial charge in [-0.25, -0.2) is 13.1 Å². The van der Waals surface area contributed by atoms with E-state index >= 15 is 0 Å². The van der Waals surface area contributed by atoms with E-state index in [1.807, 2.05) is 19.9 Å². The van der Waals surface area contributed by atoms with Crippen LogP contribution in [0.2, 0.25) is 0 Å². The molecule has 15 heavy (non-hydrogen) atoms. The van der Waals surface area contributed by atoms with Crippen LogP contribution >= 0.6 is 15.9 Å². The molecular formula is C10H14BrNO2S. The van der Waals surface area contributed by atoms with Gasteiger partial charge in [-0.1, -0.05) is 22.9 Å². The SMILES string of the molecule is CCCNS(=O)(=O)c1cc(C)cc(Br)c1. The zero-order valence-electron chi connectivity index (χ0n) is 8.75. The van der Waals surface area contributed by atoms with E-state index in [0.29, 0.717) is 11.4 Å². The second kappa shape index (κ2) is 5.09. The minimum Gasteiger partial charge on any atom is -0.211 e. The molecule has 1 aromatic carbocycles. The normalized spacial score (nSPS) is 11.7. The van der Waals surface area contributed by atoms with Crippen molar-refractivity contribution in [3.8, 4) is 0 Å². The molecule has 1 N–H and O–H groups in total. The second-order valence-corrected chi connectivity index (χ2v) is 6.04. The monoisotopic (exact) mass is 291 g/mol. The summed E-state index contributed by atoms with van der Waals surface area (Å²) in [6, 6.07) is 5.13. The Morgan fingerprint density at radius 3 is 2.53 bits per heavy atom. The minimum absolute atomic E-state index is 0.308. The molecule has 0 aliphatic heterocycles. The molecule has 3 nitrogen and oxygen atoms in total. The van der Waals surface area contributed by atoms with Crippen LogP contribution in [0.1, 0.15) is 18.9 Å². The third-order valence-corrected chi connectivity index (χ3v) is 3.77. The van der Waals surface area contributed by atoms with Crippen molar-refractivity contribution in [1.29, 1.82) is 0 Å². The summed E-state index contributed by atoms with van der Waals surface area (Å²) in [5.41, 5.74) is 0.918. The Labute approximate surface area is 99.1 Å². The first kappa shape index (κ1) is 12.7. The maximum Gasteiger partial charge on any atom is 0.240 e. The lowest BCUT2D eigenvalue weighted by Crippen LogP contribution is -2.24. The average Bonchev–Trinajstić information content (AvgIpc) is 2.13. The summed E-state index contributed by atoms with van der Waals surface area (Å²) in [5, 5.41) is 0. The minimum atomic E-state index is -3.35. The molecule has 0 saturated carbocycles. The first-order valence-corrected chi connectivity index (χ1v) is 7.00. The summed E-state index contributed by atoms with van der Waals surface area (Å²) in [5.74, 6) is 0. The molecular weight excluding hydrogens is 278 g/mol. The van der Waals surface area contributed by atoms with Crippen molar-refractivity contribution in [2.24, 2.45) is 0 Å². The molecule has 5 heteroatoms. The molecule has 0 amide bonds. The van der Waals surface area contributed by atoms with E-state index in [1.54, 1.807) is 12.1 Å². The third-order valence-electron chi connectivity index (χ3n) is 1.87. The molecule has 0 aliphatic carbocycles. The van der Waals surface area contributed by atoms with Crippen molar-refractivity contribution >= 4 is 26.0 Å². The highest BCUT2D eigenvalue weighted by Gasteiger charge is 2.13. The van der Waals surface area contributed by atoms with E-state index in [9.17, 15) is 8.42 Å². The van der Waals surface area contributed by atoms with E-state index < -0.39 is 10.0 Å². The van der Waals surface area contributed by atoms with Gasteiger partial charge in [0, 0.05) is 11.0 Å². The highest BCUT2D eigenvalue weighted by atomic mass is 79.9. The fourth-order valence-corrected chi connectivity index (χ4v) is 3.20. The number of benzene rings is 1. The number of aryl methyl sites for hydroxylation is 1. The Morgan fingerprint density at radius 2 is 2.00 bits per heavy atom. The fraction of sp³-hybridized carbons (Fsp3) is 0.400. The summed E-state index contributed by atoms with van der Waals surface area (Å²) in [7, 11) is -3.35. The molecule has 0 saturated heterocycles. The van der Waals surface area contributed by atoms with Gasteiger partial charge in [0.25, 0.3) is 0 Å². The van der Waals surface area contributed by atoms with Crippen molar-refractivity contribution in [2.75, 3.05) is 6.54 Å². The van der Waals surface area contributed by atoms with Gasteiger partial charge in [-0.15, -0.1) is 0 Å². The second-order valence-electron chi connectivity index (χ2n) is 3.36. The molecule has 0 aliphatic rings. The van der Waals surface area contributed by atoms with Gasteiger partial charge < -0.3 is 0 Å². The average molecular weight is 292 g/mol. The van der Waals surface area contributed by atoms with E-state index in [4.69, 9.17) is 0 Å². The highest BCUT2D eigenvalue weighted by molar-refractivity contribution is 9.10. The summed E-state index contributed by atoms with van der Waals surface area (Å²) in [6.07, 6.45) is 0.784. The molecule has 0 spiro atoms. The molecule has 0 radical (unpaired) electrons. The Morgan fingerprint density at radius 1 is 1.33 bits per heavy atom. The van der Waals surface area contributed by atoms with Gasteiger partial charge in [-0.2, -0.15) is 0 Å². The molecule has 0 unspecified atom stereocenters. The molecule has 0 heterocycles. The first-order chi connectivity index (χ1) is 6.95. The largest absolute Gasteiger partial charge is 0.240 e. The van der Waals surface area contributed by atoms with E-state index in [-0.39, 0.29) is 0 Å². The van der Waals surface area contributed by atoms with Crippen LogP contribution < -0.4 is 4.72 Å². The Hall–Kier alpha value is -0.390. The van der Waals surface area contributed by atoms with Crippen LogP contribution in [0.4, 0.5) is 0 Å². The van der Waals surface area contributed by atoms with Crippen molar-refractivity contribution in [3.05, 3.63) is 28.2 Å². The topological polar surface area (TPSA) is 46.2 Å². The summed E-state index contributed by atoms with van der Waals surface area (Å²) in [4.78, 5) is 0.308. The molecule has 0 aromatic heterocycles. The number of sulfonamides is 1. The van der Waals surface area contributed by atoms with Crippen LogP contribution in [0.3, 0.4) is 0 Å². The Kier molecular flexibility index (Phi) is 4.31. The molecule has 1 aromatic rings. The van der Waals surface area contributed by atoms with Gasteiger partial charge in [0.15, 0.2) is 0 Å². The first-order valence-electron chi connectivity index (χ1n) is 4.72. The van der Waals surface area contributed by atoms with Gasteiger partial charge in [0.05, 0.1) is 4.90 Å². The fourth-order valence-electron chi connectivity index (χ4n) is 1.18.